The first-order valence-corrected chi connectivity index (χ1v) is 7.67. The summed E-state index contributed by atoms with van der Waals surface area (Å²) in [6.07, 6.45) is 3.05. The standard InChI is InChI=1S/C16H22N2O4/c1-3-21-15(19)17-18(16(20)22-4-2)14-10-9-12-7-5-6-8-13(12)11-14/h9-11H,3-8H2,1-2H3,(H,17,19). The lowest BCUT2D eigenvalue weighted by molar-refractivity contribution is 0.138. The first-order chi connectivity index (χ1) is 10.7. The van der Waals surface area contributed by atoms with Crippen LogP contribution in [-0.4, -0.2) is 25.4 Å². The van der Waals surface area contributed by atoms with Crippen LogP contribution in [0.2, 0.25) is 0 Å². The van der Waals surface area contributed by atoms with E-state index in [2.05, 4.69) is 5.43 Å². The van der Waals surface area contributed by atoms with E-state index >= 15 is 0 Å². The zero-order valence-corrected chi connectivity index (χ0v) is 13.1. The molecule has 2 rings (SSSR count). The van der Waals surface area contributed by atoms with Gasteiger partial charge in [-0.05, 0) is 62.8 Å². The van der Waals surface area contributed by atoms with Crippen LogP contribution in [0.25, 0.3) is 0 Å². The van der Waals surface area contributed by atoms with E-state index in [4.69, 9.17) is 9.47 Å². The maximum atomic E-state index is 12.1. The van der Waals surface area contributed by atoms with E-state index in [0.717, 1.165) is 24.3 Å². The summed E-state index contributed by atoms with van der Waals surface area (Å²) >= 11 is 0. The fourth-order valence-electron chi connectivity index (χ4n) is 2.52. The second kappa shape index (κ2) is 7.68. The van der Waals surface area contributed by atoms with Crippen LogP contribution in [0.15, 0.2) is 18.2 Å². The van der Waals surface area contributed by atoms with E-state index in [1.165, 1.54) is 17.5 Å². The van der Waals surface area contributed by atoms with Crippen LogP contribution in [-0.2, 0) is 22.3 Å². The van der Waals surface area contributed by atoms with Crippen molar-refractivity contribution in [2.75, 3.05) is 18.2 Å². The molecular formula is C16H22N2O4. The van der Waals surface area contributed by atoms with Gasteiger partial charge in [0.2, 0.25) is 0 Å². The Kier molecular flexibility index (Phi) is 5.63. The van der Waals surface area contributed by atoms with Gasteiger partial charge < -0.3 is 9.47 Å². The van der Waals surface area contributed by atoms with Crippen LogP contribution in [0.4, 0.5) is 15.3 Å². The number of nitrogens with zero attached hydrogens (tertiary/aromatic N) is 1. The van der Waals surface area contributed by atoms with E-state index in [1.807, 2.05) is 18.2 Å². The zero-order chi connectivity index (χ0) is 15.9. The molecule has 1 aromatic rings. The second-order valence-electron chi connectivity index (χ2n) is 5.03. The third-order valence-electron chi connectivity index (χ3n) is 3.52. The summed E-state index contributed by atoms with van der Waals surface area (Å²) in [6, 6.07) is 5.74. The summed E-state index contributed by atoms with van der Waals surface area (Å²) in [5, 5.41) is 1.09. The Morgan fingerprint density at radius 3 is 2.45 bits per heavy atom. The van der Waals surface area contributed by atoms with Crippen LogP contribution in [0.3, 0.4) is 0 Å². The van der Waals surface area contributed by atoms with E-state index in [-0.39, 0.29) is 13.2 Å². The predicted octanol–water partition coefficient (Wildman–Crippen LogP) is 3.19. The van der Waals surface area contributed by atoms with Crippen molar-refractivity contribution < 1.29 is 19.1 Å². The lowest BCUT2D eigenvalue weighted by atomic mass is 9.91. The van der Waals surface area contributed by atoms with Gasteiger partial charge in [-0.1, -0.05) is 6.07 Å². The molecule has 0 aromatic heterocycles. The van der Waals surface area contributed by atoms with Gasteiger partial charge in [0.05, 0.1) is 18.9 Å². The minimum Gasteiger partial charge on any atom is -0.449 e. The fraction of sp³-hybridized carbons (Fsp3) is 0.500. The number of fused-ring (bicyclic) bond motifs is 1. The summed E-state index contributed by atoms with van der Waals surface area (Å²) in [6.45, 7) is 3.87. The average molecular weight is 306 g/mol. The zero-order valence-electron chi connectivity index (χ0n) is 13.1. The van der Waals surface area contributed by atoms with Crippen LogP contribution < -0.4 is 10.4 Å². The minimum absolute atomic E-state index is 0.227. The lowest BCUT2D eigenvalue weighted by Crippen LogP contribution is -2.47. The molecule has 0 saturated carbocycles. The average Bonchev–Trinajstić information content (AvgIpc) is 2.52. The van der Waals surface area contributed by atoms with Crippen molar-refractivity contribution in [3.63, 3.8) is 0 Å². The number of nitrogens with one attached hydrogen (secondary N) is 1. The molecule has 0 aliphatic heterocycles. The number of hydrogen-bond acceptors (Lipinski definition) is 4. The second-order valence-corrected chi connectivity index (χ2v) is 5.03. The monoisotopic (exact) mass is 306 g/mol. The van der Waals surface area contributed by atoms with Gasteiger partial charge in [-0.2, -0.15) is 5.01 Å². The number of anilines is 1. The Morgan fingerprint density at radius 1 is 1.09 bits per heavy atom. The van der Waals surface area contributed by atoms with E-state index in [9.17, 15) is 9.59 Å². The number of carbonyl (C=O) groups excluding carboxylic acids is 2. The molecule has 1 aliphatic rings. The molecule has 1 N–H and O–H groups in total. The first-order valence-electron chi connectivity index (χ1n) is 7.67. The van der Waals surface area contributed by atoms with Crippen molar-refractivity contribution in [1.82, 2.24) is 5.43 Å². The molecule has 0 fully saturated rings. The number of hydrazine groups is 1. The summed E-state index contributed by atoms with van der Waals surface area (Å²) in [7, 11) is 0. The summed E-state index contributed by atoms with van der Waals surface area (Å²) < 4.78 is 9.83. The number of hydrogen-bond donors (Lipinski definition) is 1. The van der Waals surface area contributed by atoms with Gasteiger partial charge in [-0.3, -0.25) is 0 Å². The Labute approximate surface area is 130 Å². The molecule has 1 aromatic carbocycles. The fourth-order valence-corrected chi connectivity index (χ4v) is 2.52. The quantitative estimate of drug-likeness (QED) is 0.871. The highest BCUT2D eigenvalue weighted by molar-refractivity contribution is 5.90. The van der Waals surface area contributed by atoms with E-state index in [1.54, 1.807) is 13.8 Å². The molecule has 120 valence electrons. The molecule has 0 heterocycles. The third kappa shape index (κ3) is 3.90. The van der Waals surface area contributed by atoms with Crippen LogP contribution in [0, 0.1) is 0 Å². The van der Waals surface area contributed by atoms with Gasteiger partial charge in [-0.15, -0.1) is 0 Å². The number of rotatable bonds is 3. The van der Waals surface area contributed by atoms with Crippen molar-refractivity contribution in [3.05, 3.63) is 29.3 Å². The molecule has 0 saturated heterocycles. The normalized spacial score (nSPS) is 13.0. The van der Waals surface area contributed by atoms with E-state index < -0.39 is 12.2 Å². The molecule has 0 radical (unpaired) electrons. The molecule has 0 atom stereocenters. The first kappa shape index (κ1) is 16.1. The molecule has 0 spiro atoms. The summed E-state index contributed by atoms with van der Waals surface area (Å²) in [4.78, 5) is 23.7. The number of ether oxygens (including phenoxy) is 2. The molecule has 0 bridgehead atoms. The van der Waals surface area contributed by atoms with Gasteiger partial charge in [0.15, 0.2) is 0 Å². The number of aryl methyl sites for hydroxylation is 2. The summed E-state index contributed by atoms with van der Waals surface area (Å²) in [5.74, 6) is 0. The van der Waals surface area contributed by atoms with Gasteiger partial charge in [-0.25, -0.2) is 15.0 Å². The maximum Gasteiger partial charge on any atom is 0.433 e. The summed E-state index contributed by atoms with van der Waals surface area (Å²) in [5.41, 5.74) is 5.51. The number of amides is 2. The van der Waals surface area contributed by atoms with Crippen LogP contribution in [0.1, 0.15) is 37.8 Å². The Morgan fingerprint density at radius 2 is 1.77 bits per heavy atom. The Balaban J connectivity index is 2.23. The molecule has 6 nitrogen and oxygen atoms in total. The van der Waals surface area contributed by atoms with Crippen molar-refractivity contribution in [1.29, 1.82) is 0 Å². The van der Waals surface area contributed by atoms with Crippen molar-refractivity contribution in [3.8, 4) is 0 Å². The van der Waals surface area contributed by atoms with E-state index in [0.29, 0.717) is 5.69 Å². The van der Waals surface area contributed by atoms with Gasteiger partial charge >= 0.3 is 12.2 Å². The Bertz CT molecular complexity index is 545. The largest absolute Gasteiger partial charge is 0.449 e. The predicted molar refractivity (Wildman–Crippen MR) is 82.7 cm³/mol. The van der Waals surface area contributed by atoms with Gasteiger partial charge in [0, 0.05) is 0 Å². The third-order valence-corrected chi connectivity index (χ3v) is 3.52. The molecule has 2 amide bonds. The Hall–Kier alpha value is -2.24. The minimum atomic E-state index is -0.687. The van der Waals surface area contributed by atoms with Crippen LogP contribution in [0.5, 0.6) is 0 Å². The highest BCUT2D eigenvalue weighted by Gasteiger charge is 2.21. The van der Waals surface area contributed by atoms with Crippen LogP contribution >= 0.6 is 0 Å². The van der Waals surface area contributed by atoms with Gasteiger partial charge in [0.25, 0.3) is 0 Å². The lowest BCUT2D eigenvalue weighted by Gasteiger charge is -2.24. The molecule has 6 heteroatoms. The van der Waals surface area contributed by atoms with Gasteiger partial charge in [0.1, 0.15) is 0 Å². The molecular weight excluding hydrogens is 284 g/mol. The molecule has 0 unspecified atom stereocenters. The van der Waals surface area contributed by atoms with Crippen molar-refractivity contribution in [2.45, 2.75) is 39.5 Å². The molecule has 22 heavy (non-hydrogen) atoms. The van der Waals surface area contributed by atoms with Crippen molar-refractivity contribution in [2.24, 2.45) is 0 Å². The maximum absolute atomic E-state index is 12.1. The number of benzene rings is 1. The SMILES string of the molecule is CCOC(=O)NN(C(=O)OCC)c1ccc2c(c1)CCCC2. The highest BCUT2D eigenvalue weighted by atomic mass is 16.6. The molecule has 1 aliphatic carbocycles. The number of carbonyl (C=O) groups is 2. The smallest absolute Gasteiger partial charge is 0.433 e. The topological polar surface area (TPSA) is 67.9 Å². The van der Waals surface area contributed by atoms with Crippen molar-refractivity contribution >= 4 is 17.9 Å². The highest BCUT2D eigenvalue weighted by Crippen LogP contribution is 2.26.